The fourth-order valence-electron chi connectivity index (χ4n) is 4.21. The van der Waals surface area contributed by atoms with Gasteiger partial charge in [-0.3, -0.25) is 9.80 Å². The normalized spacial score (nSPS) is 20.1. The van der Waals surface area contributed by atoms with E-state index in [0.29, 0.717) is 12.1 Å². The van der Waals surface area contributed by atoms with Crippen molar-refractivity contribution in [2.45, 2.75) is 44.8 Å². The molecule has 1 N–H and O–H groups in total. The van der Waals surface area contributed by atoms with E-state index in [0.717, 1.165) is 44.2 Å². The summed E-state index contributed by atoms with van der Waals surface area (Å²) in [5.74, 6) is 1.69. The molecule has 2 aliphatic rings. The maximum atomic E-state index is 6.09. The van der Waals surface area contributed by atoms with Crippen LogP contribution in [0.1, 0.15) is 33.1 Å². The molecule has 28 heavy (non-hydrogen) atoms. The predicted octanol–water partition coefficient (Wildman–Crippen LogP) is 3.46. The standard InChI is InChI=1S/C21H35N3O2.2ClH/c1-18(2)26-20-8-5-4-7-19(20)25-16-15-24-14-6-13-23(3)21(17-24)9-11-22-12-10-21;;/h4-5,7-8,18,22H,6,9-17H2,1-3H3;2*1H. The molecule has 162 valence electrons. The molecule has 1 aromatic carbocycles. The number of para-hydroxylation sites is 2. The van der Waals surface area contributed by atoms with E-state index in [1.807, 2.05) is 38.1 Å². The van der Waals surface area contributed by atoms with Gasteiger partial charge in [0.05, 0.1) is 6.10 Å². The fraction of sp³-hybridized carbons (Fsp3) is 0.714. The molecule has 0 amide bonds. The van der Waals surface area contributed by atoms with Gasteiger partial charge >= 0.3 is 0 Å². The Morgan fingerprint density at radius 1 is 1.07 bits per heavy atom. The Kier molecular flexibility index (Phi) is 10.9. The van der Waals surface area contributed by atoms with Gasteiger partial charge in [0.1, 0.15) is 6.61 Å². The number of hydrogen-bond acceptors (Lipinski definition) is 5. The van der Waals surface area contributed by atoms with E-state index in [1.54, 1.807) is 0 Å². The summed E-state index contributed by atoms with van der Waals surface area (Å²) in [6, 6.07) is 7.99. The Hall–Kier alpha value is -0.720. The average molecular weight is 434 g/mol. The fourth-order valence-corrected chi connectivity index (χ4v) is 4.21. The number of likely N-dealkylation sites (N-methyl/N-ethyl adjacent to an activating group) is 1. The molecule has 2 heterocycles. The van der Waals surface area contributed by atoms with Crippen LogP contribution in [0.3, 0.4) is 0 Å². The van der Waals surface area contributed by atoms with E-state index in [-0.39, 0.29) is 30.9 Å². The Bertz CT molecular complexity index is 568. The average Bonchev–Trinajstić information content (AvgIpc) is 2.76. The Labute approximate surface area is 182 Å². The summed E-state index contributed by atoms with van der Waals surface area (Å²) < 4.78 is 12.0. The van der Waals surface area contributed by atoms with Gasteiger partial charge in [-0.25, -0.2) is 0 Å². The molecule has 3 rings (SSSR count). The van der Waals surface area contributed by atoms with Crippen LogP contribution in [0.4, 0.5) is 0 Å². The van der Waals surface area contributed by atoms with Crippen molar-refractivity contribution in [2.75, 3.05) is 52.9 Å². The summed E-state index contributed by atoms with van der Waals surface area (Å²) in [4.78, 5) is 5.21. The molecule has 0 atom stereocenters. The largest absolute Gasteiger partial charge is 0.488 e. The SMILES string of the molecule is CC(C)Oc1ccccc1OCCN1CCCN(C)C2(CCNCC2)C1.Cl.Cl. The summed E-state index contributed by atoms with van der Waals surface area (Å²) in [7, 11) is 2.31. The zero-order chi connectivity index (χ0) is 18.4. The second kappa shape index (κ2) is 12.1. The maximum Gasteiger partial charge on any atom is 0.161 e. The van der Waals surface area contributed by atoms with Crippen LogP contribution in [-0.2, 0) is 0 Å². The Morgan fingerprint density at radius 2 is 1.75 bits per heavy atom. The molecule has 1 spiro atoms. The molecule has 0 bridgehead atoms. The van der Waals surface area contributed by atoms with E-state index < -0.39 is 0 Å². The Balaban J connectivity index is 0.00000196. The molecule has 2 aliphatic heterocycles. The molecule has 7 heteroatoms. The first-order chi connectivity index (χ1) is 12.6. The van der Waals surface area contributed by atoms with Crippen LogP contribution in [0.15, 0.2) is 24.3 Å². The number of rotatable bonds is 6. The van der Waals surface area contributed by atoms with Crippen LogP contribution in [0.5, 0.6) is 11.5 Å². The minimum Gasteiger partial charge on any atom is -0.488 e. The number of benzene rings is 1. The quantitative estimate of drug-likeness (QED) is 0.742. The van der Waals surface area contributed by atoms with Crippen molar-refractivity contribution in [3.05, 3.63) is 24.3 Å². The molecule has 0 aromatic heterocycles. The second-order valence-corrected chi connectivity index (χ2v) is 7.99. The highest BCUT2D eigenvalue weighted by atomic mass is 35.5. The number of ether oxygens (including phenoxy) is 2. The first kappa shape index (κ1) is 25.3. The van der Waals surface area contributed by atoms with E-state index in [9.17, 15) is 0 Å². The lowest BCUT2D eigenvalue weighted by Gasteiger charge is -2.45. The lowest BCUT2D eigenvalue weighted by Crippen LogP contribution is -2.57. The zero-order valence-corrected chi connectivity index (χ0v) is 19.1. The van der Waals surface area contributed by atoms with Gasteiger partial charge < -0.3 is 14.8 Å². The van der Waals surface area contributed by atoms with Crippen LogP contribution in [0, 0.1) is 0 Å². The first-order valence-corrected chi connectivity index (χ1v) is 10.1. The Morgan fingerprint density at radius 3 is 2.43 bits per heavy atom. The van der Waals surface area contributed by atoms with Crippen molar-refractivity contribution in [1.29, 1.82) is 0 Å². The van der Waals surface area contributed by atoms with E-state index >= 15 is 0 Å². The van der Waals surface area contributed by atoms with Gasteiger partial charge in [-0.2, -0.15) is 0 Å². The van der Waals surface area contributed by atoms with Crippen molar-refractivity contribution in [3.63, 3.8) is 0 Å². The van der Waals surface area contributed by atoms with Crippen LogP contribution >= 0.6 is 24.8 Å². The van der Waals surface area contributed by atoms with Crippen LogP contribution in [-0.4, -0.2) is 74.4 Å². The van der Waals surface area contributed by atoms with Crippen LogP contribution in [0.2, 0.25) is 0 Å². The molecular formula is C21H37Cl2N3O2. The molecule has 5 nitrogen and oxygen atoms in total. The molecule has 0 saturated carbocycles. The lowest BCUT2D eigenvalue weighted by atomic mass is 9.86. The third-order valence-corrected chi connectivity index (χ3v) is 5.71. The summed E-state index contributed by atoms with van der Waals surface area (Å²) in [6.45, 7) is 11.5. The topological polar surface area (TPSA) is 37.0 Å². The van der Waals surface area contributed by atoms with E-state index in [2.05, 4.69) is 22.2 Å². The molecule has 0 aliphatic carbocycles. The zero-order valence-electron chi connectivity index (χ0n) is 17.5. The van der Waals surface area contributed by atoms with Gasteiger partial charge in [-0.1, -0.05) is 12.1 Å². The molecule has 1 aromatic rings. The molecular weight excluding hydrogens is 397 g/mol. The van der Waals surface area contributed by atoms with Gasteiger partial charge in [-0.05, 0) is 78.5 Å². The van der Waals surface area contributed by atoms with Gasteiger partial charge in [0, 0.05) is 18.6 Å². The minimum absolute atomic E-state index is 0. The monoisotopic (exact) mass is 433 g/mol. The first-order valence-electron chi connectivity index (χ1n) is 10.1. The highest BCUT2D eigenvalue weighted by molar-refractivity contribution is 5.85. The van der Waals surface area contributed by atoms with Gasteiger partial charge in [0.2, 0.25) is 0 Å². The highest BCUT2D eigenvalue weighted by Crippen LogP contribution is 2.30. The maximum absolute atomic E-state index is 6.09. The molecule has 0 radical (unpaired) electrons. The van der Waals surface area contributed by atoms with Crippen molar-refractivity contribution in [2.24, 2.45) is 0 Å². The molecule has 2 saturated heterocycles. The van der Waals surface area contributed by atoms with Gasteiger partial charge in [0.15, 0.2) is 11.5 Å². The summed E-state index contributed by atoms with van der Waals surface area (Å²) in [6.07, 6.45) is 3.87. The van der Waals surface area contributed by atoms with E-state index in [1.165, 1.54) is 25.8 Å². The number of halogens is 2. The summed E-state index contributed by atoms with van der Waals surface area (Å²) in [5.41, 5.74) is 0.334. The predicted molar refractivity (Wildman–Crippen MR) is 121 cm³/mol. The number of nitrogens with one attached hydrogen (secondary N) is 1. The number of hydrogen-bond donors (Lipinski definition) is 1. The summed E-state index contributed by atoms with van der Waals surface area (Å²) >= 11 is 0. The van der Waals surface area contributed by atoms with Crippen LogP contribution < -0.4 is 14.8 Å². The van der Waals surface area contributed by atoms with Crippen molar-refractivity contribution in [3.8, 4) is 11.5 Å². The van der Waals surface area contributed by atoms with Crippen molar-refractivity contribution in [1.82, 2.24) is 15.1 Å². The minimum atomic E-state index is 0. The smallest absolute Gasteiger partial charge is 0.161 e. The molecule has 2 fully saturated rings. The summed E-state index contributed by atoms with van der Waals surface area (Å²) in [5, 5.41) is 3.51. The second-order valence-electron chi connectivity index (χ2n) is 7.99. The van der Waals surface area contributed by atoms with Crippen molar-refractivity contribution < 1.29 is 9.47 Å². The van der Waals surface area contributed by atoms with Gasteiger partial charge in [0.25, 0.3) is 0 Å². The van der Waals surface area contributed by atoms with Crippen molar-refractivity contribution >= 4 is 24.8 Å². The van der Waals surface area contributed by atoms with E-state index in [4.69, 9.17) is 9.47 Å². The third kappa shape index (κ3) is 6.67. The number of piperidine rings is 1. The third-order valence-electron chi connectivity index (χ3n) is 5.71. The van der Waals surface area contributed by atoms with Crippen LogP contribution in [0.25, 0.3) is 0 Å². The van der Waals surface area contributed by atoms with Gasteiger partial charge in [-0.15, -0.1) is 24.8 Å². The number of nitrogens with zero attached hydrogens (tertiary/aromatic N) is 2. The highest BCUT2D eigenvalue weighted by Gasteiger charge is 2.38. The molecule has 0 unspecified atom stereocenters. The lowest BCUT2D eigenvalue weighted by molar-refractivity contribution is 0.0617.